The van der Waals surface area contributed by atoms with Gasteiger partial charge in [0.15, 0.2) is 6.10 Å². The summed E-state index contributed by atoms with van der Waals surface area (Å²) < 4.78 is 16.8. The topological polar surface area (TPSA) is 78.9 Å². The minimum atomic E-state index is -0.771. The van der Waals surface area contributed by atoms with Crippen molar-refractivity contribution in [3.63, 3.8) is 0 Å². The maximum absolute atomic E-state index is 12.8. The van der Waals surface area contributed by atoms with Crippen LogP contribution in [0, 0.1) is 0 Å². The first-order valence-electron chi connectivity index (χ1n) is 29.0. The van der Waals surface area contributed by atoms with Crippen LogP contribution in [0.5, 0.6) is 0 Å². The third-order valence-electron chi connectivity index (χ3n) is 12.9. The van der Waals surface area contributed by atoms with E-state index in [0.717, 1.165) is 70.6 Å². The minimum Gasteiger partial charge on any atom is -0.462 e. The van der Waals surface area contributed by atoms with Crippen LogP contribution in [0.3, 0.4) is 0 Å². The number of rotatable bonds is 53. The Balaban J connectivity index is 4.09. The van der Waals surface area contributed by atoms with Crippen molar-refractivity contribution in [2.24, 2.45) is 0 Å². The number of hydrogen-bond acceptors (Lipinski definition) is 6. The molecule has 0 aliphatic rings. The molecule has 0 aliphatic carbocycles. The molecule has 0 amide bonds. The van der Waals surface area contributed by atoms with Gasteiger partial charge in [0.2, 0.25) is 0 Å². The molecule has 0 saturated carbocycles. The number of carbonyl (C=O) groups is 3. The molecular weight excluding hydrogens is 817 g/mol. The molecule has 1 unspecified atom stereocenters. The molecule has 0 radical (unpaired) electrons. The van der Waals surface area contributed by atoms with Gasteiger partial charge >= 0.3 is 17.9 Å². The van der Waals surface area contributed by atoms with Crippen LogP contribution in [0.4, 0.5) is 0 Å². The van der Waals surface area contributed by atoms with Crippen LogP contribution in [0.1, 0.15) is 310 Å². The lowest BCUT2D eigenvalue weighted by Crippen LogP contribution is -2.30. The van der Waals surface area contributed by atoms with Crippen LogP contribution < -0.4 is 0 Å². The molecule has 0 aromatic rings. The van der Waals surface area contributed by atoms with E-state index in [9.17, 15) is 14.4 Å². The van der Waals surface area contributed by atoms with Gasteiger partial charge in [-0.25, -0.2) is 0 Å². The fraction of sp³-hybridized carbons (Fsp3) is 0.850. The number of unbranched alkanes of at least 4 members (excludes halogenated alkanes) is 36. The van der Waals surface area contributed by atoms with Crippen molar-refractivity contribution in [2.75, 3.05) is 13.2 Å². The Labute approximate surface area is 410 Å². The Kier molecular flexibility index (Phi) is 53.2. The van der Waals surface area contributed by atoms with Gasteiger partial charge in [-0.2, -0.15) is 0 Å². The molecule has 0 fully saturated rings. The van der Waals surface area contributed by atoms with E-state index in [1.54, 1.807) is 0 Å². The molecule has 0 rings (SSSR count). The summed E-state index contributed by atoms with van der Waals surface area (Å²) >= 11 is 0. The van der Waals surface area contributed by atoms with Gasteiger partial charge in [-0.1, -0.05) is 250 Å². The standard InChI is InChI=1S/C60H110O6/c1-4-7-10-13-16-19-21-23-24-25-26-27-28-29-30-31-32-33-34-35-36-38-39-41-44-47-50-53-59(62)65-56-57(55-64-58(61)52-49-46-43-18-15-12-9-6-3)66-60(63)54-51-48-45-42-40-37-22-20-17-14-11-8-5-2/h20-23,25-26,57H,4-19,24,27-56H2,1-3H3/b22-20-,23-21-,26-25-. The van der Waals surface area contributed by atoms with Crippen LogP contribution in [0.2, 0.25) is 0 Å². The van der Waals surface area contributed by atoms with E-state index >= 15 is 0 Å². The minimum absolute atomic E-state index is 0.0720. The third kappa shape index (κ3) is 52.6. The summed E-state index contributed by atoms with van der Waals surface area (Å²) in [5.41, 5.74) is 0. The van der Waals surface area contributed by atoms with E-state index in [0.29, 0.717) is 19.3 Å². The zero-order chi connectivity index (χ0) is 47.9. The van der Waals surface area contributed by atoms with Gasteiger partial charge in [0.25, 0.3) is 0 Å². The molecule has 0 heterocycles. The summed E-state index contributed by atoms with van der Waals surface area (Å²) in [4.78, 5) is 37.9. The number of ether oxygens (including phenoxy) is 3. The highest BCUT2D eigenvalue weighted by atomic mass is 16.6. The van der Waals surface area contributed by atoms with Crippen LogP contribution in [-0.4, -0.2) is 37.2 Å². The van der Waals surface area contributed by atoms with Gasteiger partial charge in [-0.3, -0.25) is 14.4 Å². The quantitative estimate of drug-likeness (QED) is 0.0262. The molecule has 0 spiro atoms. The lowest BCUT2D eigenvalue weighted by molar-refractivity contribution is -0.167. The highest BCUT2D eigenvalue weighted by molar-refractivity contribution is 5.71. The Hall–Kier alpha value is -2.37. The summed E-state index contributed by atoms with van der Waals surface area (Å²) in [7, 11) is 0. The van der Waals surface area contributed by atoms with E-state index in [4.69, 9.17) is 14.2 Å². The Morgan fingerprint density at radius 2 is 0.545 bits per heavy atom. The zero-order valence-corrected chi connectivity index (χ0v) is 44.2. The molecule has 386 valence electrons. The van der Waals surface area contributed by atoms with Crippen molar-refractivity contribution >= 4 is 17.9 Å². The molecule has 0 aromatic carbocycles. The molecule has 0 bridgehead atoms. The van der Waals surface area contributed by atoms with Gasteiger partial charge in [0.1, 0.15) is 13.2 Å². The lowest BCUT2D eigenvalue weighted by Gasteiger charge is -2.18. The van der Waals surface area contributed by atoms with Crippen molar-refractivity contribution in [3.8, 4) is 0 Å². The van der Waals surface area contributed by atoms with Crippen molar-refractivity contribution in [1.29, 1.82) is 0 Å². The van der Waals surface area contributed by atoms with E-state index in [-0.39, 0.29) is 31.1 Å². The molecule has 66 heavy (non-hydrogen) atoms. The lowest BCUT2D eigenvalue weighted by atomic mass is 10.0. The molecule has 6 nitrogen and oxygen atoms in total. The average Bonchev–Trinajstić information content (AvgIpc) is 3.31. The fourth-order valence-corrected chi connectivity index (χ4v) is 8.47. The maximum Gasteiger partial charge on any atom is 0.306 e. The largest absolute Gasteiger partial charge is 0.462 e. The Morgan fingerprint density at radius 1 is 0.303 bits per heavy atom. The van der Waals surface area contributed by atoms with Gasteiger partial charge in [-0.15, -0.1) is 0 Å². The molecule has 1 atom stereocenters. The van der Waals surface area contributed by atoms with Crippen molar-refractivity contribution in [3.05, 3.63) is 36.5 Å². The number of allylic oxidation sites excluding steroid dienone is 6. The van der Waals surface area contributed by atoms with Crippen LogP contribution in [0.25, 0.3) is 0 Å². The highest BCUT2D eigenvalue weighted by Crippen LogP contribution is 2.16. The van der Waals surface area contributed by atoms with Crippen molar-refractivity contribution in [2.45, 2.75) is 316 Å². The summed E-state index contributed by atoms with van der Waals surface area (Å²) in [5.74, 6) is -0.872. The van der Waals surface area contributed by atoms with E-state index in [1.807, 2.05) is 0 Å². The number of carbonyl (C=O) groups excluding carboxylic acids is 3. The van der Waals surface area contributed by atoms with Crippen LogP contribution in [-0.2, 0) is 28.6 Å². The van der Waals surface area contributed by atoms with Crippen molar-refractivity contribution < 1.29 is 28.6 Å². The van der Waals surface area contributed by atoms with Crippen molar-refractivity contribution in [1.82, 2.24) is 0 Å². The summed E-state index contributed by atoms with van der Waals surface area (Å²) in [6, 6.07) is 0. The summed E-state index contributed by atoms with van der Waals surface area (Å²) in [5, 5.41) is 0. The SMILES string of the molecule is CCCCCC/C=C\CCCCCCCC(=O)OC(COC(=O)CCCCCCCCCC)COC(=O)CCCCCCCCCCCCCCCCC/C=C\C/C=C\CCCCCCC. The first-order valence-corrected chi connectivity index (χ1v) is 29.0. The van der Waals surface area contributed by atoms with Gasteiger partial charge in [0, 0.05) is 19.3 Å². The average molecular weight is 928 g/mol. The molecular formula is C60H110O6. The Morgan fingerprint density at radius 3 is 0.864 bits per heavy atom. The van der Waals surface area contributed by atoms with Gasteiger partial charge in [0.05, 0.1) is 0 Å². The van der Waals surface area contributed by atoms with Gasteiger partial charge < -0.3 is 14.2 Å². The maximum atomic E-state index is 12.8. The number of esters is 3. The van der Waals surface area contributed by atoms with E-state index in [2.05, 4.69) is 57.2 Å². The second kappa shape index (κ2) is 55.2. The second-order valence-corrected chi connectivity index (χ2v) is 19.6. The monoisotopic (exact) mass is 927 g/mol. The van der Waals surface area contributed by atoms with Crippen LogP contribution >= 0.6 is 0 Å². The van der Waals surface area contributed by atoms with E-state index < -0.39 is 6.10 Å². The van der Waals surface area contributed by atoms with Crippen LogP contribution in [0.15, 0.2) is 36.5 Å². The Bertz CT molecular complexity index is 1110. The molecule has 0 aromatic heterocycles. The predicted octanol–water partition coefficient (Wildman–Crippen LogP) is 19.3. The predicted molar refractivity (Wildman–Crippen MR) is 284 cm³/mol. The first-order chi connectivity index (χ1) is 32.5. The molecule has 0 aliphatic heterocycles. The zero-order valence-electron chi connectivity index (χ0n) is 44.2. The summed E-state index contributed by atoms with van der Waals surface area (Å²) in [6.07, 6.45) is 65.9. The molecule has 0 saturated heterocycles. The van der Waals surface area contributed by atoms with E-state index in [1.165, 1.54) is 199 Å². The molecule has 6 heteroatoms. The molecule has 0 N–H and O–H groups in total. The first kappa shape index (κ1) is 63.6. The summed E-state index contributed by atoms with van der Waals surface area (Å²) in [6.45, 7) is 6.61. The second-order valence-electron chi connectivity index (χ2n) is 19.6. The fourth-order valence-electron chi connectivity index (χ4n) is 8.47. The smallest absolute Gasteiger partial charge is 0.306 e. The number of hydrogen-bond donors (Lipinski definition) is 0. The highest BCUT2D eigenvalue weighted by Gasteiger charge is 2.19. The normalized spacial score (nSPS) is 12.2. The van der Waals surface area contributed by atoms with Gasteiger partial charge in [-0.05, 0) is 77.0 Å². The third-order valence-corrected chi connectivity index (χ3v) is 12.9.